The van der Waals surface area contributed by atoms with Crippen LogP contribution in [0.3, 0.4) is 0 Å². The minimum atomic E-state index is -1.05. The van der Waals surface area contributed by atoms with Crippen molar-refractivity contribution in [3.8, 4) is 0 Å². The van der Waals surface area contributed by atoms with Gasteiger partial charge in [0.15, 0.2) is 0 Å². The van der Waals surface area contributed by atoms with Gasteiger partial charge in [0.2, 0.25) is 0 Å². The molecule has 1 saturated heterocycles. The lowest BCUT2D eigenvalue weighted by molar-refractivity contribution is -0.131. The third-order valence-corrected chi connectivity index (χ3v) is 3.26. The first-order chi connectivity index (χ1) is 9.75. The van der Waals surface area contributed by atoms with Crippen molar-refractivity contribution in [3.05, 3.63) is 35.7 Å². The summed E-state index contributed by atoms with van der Waals surface area (Å²) in [4.78, 5) is 12.6. The van der Waals surface area contributed by atoms with E-state index in [9.17, 15) is 9.18 Å². The molecule has 1 aromatic rings. The van der Waals surface area contributed by atoms with E-state index in [0.717, 1.165) is 11.8 Å². The molecular formula is C16H20FNO3. The average Bonchev–Trinajstić information content (AvgIpc) is 2.33. The van der Waals surface area contributed by atoms with Gasteiger partial charge in [-0.2, -0.15) is 0 Å². The first kappa shape index (κ1) is 15.5. The molecule has 1 N–H and O–H groups in total. The Morgan fingerprint density at radius 3 is 2.81 bits per heavy atom. The molecule has 2 rings (SSSR count). The predicted molar refractivity (Wildman–Crippen MR) is 79.9 cm³/mol. The Balaban J connectivity index is 2.29. The highest BCUT2D eigenvalue weighted by atomic mass is 19.1. The molecule has 0 amide bonds. The second-order valence-electron chi connectivity index (χ2n) is 5.98. The highest BCUT2D eigenvalue weighted by Crippen LogP contribution is 2.27. The molecule has 0 bridgehead atoms. The van der Waals surface area contributed by atoms with Crippen molar-refractivity contribution >= 4 is 17.7 Å². The summed E-state index contributed by atoms with van der Waals surface area (Å²) in [5, 5.41) is 8.66. The third-order valence-electron chi connectivity index (χ3n) is 3.26. The van der Waals surface area contributed by atoms with Crippen LogP contribution in [0.4, 0.5) is 10.1 Å². The molecule has 1 aromatic carbocycles. The summed E-state index contributed by atoms with van der Waals surface area (Å²) in [7, 11) is 0. The van der Waals surface area contributed by atoms with Crippen molar-refractivity contribution < 1.29 is 19.0 Å². The number of carboxylic acids is 1. The van der Waals surface area contributed by atoms with Crippen LogP contribution in [-0.2, 0) is 9.53 Å². The van der Waals surface area contributed by atoms with Crippen molar-refractivity contribution in [1.29, 1.82) is 0 Å². The number of nitrogens with zero attached hydrogens (tertiary/aromatic N) is 1. The normalized spacial score (nSPS) is 21.7. The fraction of sp³-hybridized carbons (Fsp3) is 0.438. The molecule has 0 aliphatic carbocycles. The Hall–Kier alpha value is -1.88. The van der Waals surface area contributed by atoms with E-state index in [1.165, 1.54) is 18.2 Å². The number of hydrogen-bond donors (Lipinski definition) is 1. The summed E-state index contributed by atoms with van der Waals surface area (Å²) in [6, 6.07) is 4.57. The predicted octanol–water partition coefficient (Wildman–Crippen LogP) is 2.93. The highest BCUT2D eigenvalue weighted by molar-refractivity contribution is 5.85. The van der Waals surface area contributed by atoms with Crippen LogP contribution in [0.1, 0.15) is 26.3 Å². The summed E-state index contributed by atoms with van der Waals surface area (Å²) in [5.41, 5.74) is 0.966. The number of halogens is 1. The van der Waals surface area contributed by atoms with Crippen LogP contribution in [0, 0.1) is 5.82 Å². The van der Waals surface area contributed by atoms with Gasteiger partial charge < -0.3 is 14.7 Å². The van der Waals surface area contributed by atoms with E-state index in [1.54, 1.807) is 6.07 Å². The van der Waals surface area contributed by atoms with Gasteiger partial charge in [-0.1, -0.05) is 0 Å². The minimum absolute atomic E-state index is 0.0510. The zero-order valence-electron chi connectivity index (χ0n) is 12.5. The monoisotopic (exact) mass is 293 g/mol. The minimum Gasteiger partial charge on any atom is -0.478 e. The lowest BCUT2D eigenvalue weighted by Crippen LogP contribution is -2.52. The van der Waals surface area contributed by atoms with E-state index < -0.39 is 5.97 Å². The van der Waals surface area contributed by atoms with Gasteiger partial charge in [-0.05, 0) is 50.6 Å². The maximum absolute atomic E-state index is 13.8. The first-order valence-corrected chi connectivity index (χ1v) is 6.89. The third kappa shape index (κ3) is 4.29. The number of anilines is 1. The van der Waals surface area contributed by atoms with Gasteiger partial charge >= 0.3 is 5.97 Å². The zero-order valence-corrected chi connectivity index (χ0v) is 12.5. The summed E-state index contributed by atoms with van der Waals surface area (Å²) in [6.07, 6.45) is 2.45. The lowest BCUT2D eigenvalue weighted by Gasteiger charge is -2.43. The summed E-state index contributed by atoms with van der Waals surface area (Å²) < 4.78 is 19.6. The number of ether oxygens (including phenoxy) is 1. The maximum Gasteiger partial charge on any atom is 0.328 e. The lowest BCUT2D eigenvalue weighted by atomic mass is 10.0. The van der Waals surface area contributed by atoms with E-state index in [1.807, 2.05) is 20.8 Å². The maximum atomic E-state index is 13.8. The molecule has 1 unspecified atom stereocenters. The molecule has 0 saturated carbocycles. The van der Waals surface area contributed by atoms with Gasteiger partial charge in [0.1, 0.15) is 5.82 Å². The Morgan fingerprint density at radius 2 is 2.19 bits per heavy atom. The number of carboxylic acid groups (broad SMARTS) is 1. The van der Waals surface area contributed by atoms with Crippen LogP contribution >= 0.6 is 0 Å². The fourth-order valence-electron chi connectivity index (χ4n) is 2.69. The van der Waals surface area contributed by atoms with E-state index in [2.05, 4.69) is 4.90 Å². The fourth-order valence-corrected chi connectivity index (χ4v) is 2.69. The van der Waals surface area contributed by atoms with E-state index in [4.69, 9.17) is 9.84 Å². The van der Waals surface area contributed by atoms with Crippen LogP contribution in [-0.4, -0.2) is 35.9 Å². The van der Waals surface area contributed by atoms with Crippen molar-refractivity contribution in [1.82, 2.24) is 0 Å². The van der Waals surface area contributed by atoms with E-state index in [0.29, 0.717) is 18.7 Å². The van der Waals surface area contributed by atoms with Gasteiger partial charge in [-0.25, -0.2) is 9.18 Å². The Labute approximate surface area is 123 Å². The van der Waals surface area contributed by atoms with Crippen molar-refractivity contribution in [2.24, 2.45) is 0 Å². The molecule has 1 atom stereocenters. The van der Waals surface area contributed by atoms with E-state index >= 15 is 0 Å². The number of benzene rings is 1. The molecule has 1 fully saturated rings. The topological polar surface area (TPSA) is 49.8 Å². The van der Waals surface area contributed by atoms with Gasteiger partial charge in [0.05, 0.1) is 11.7 Å². The average molecular weight is 293 g/mol. The molecule has 0 radical (unpaired) electrons. The smallest absolute Gasteiger partial charge is 0.328 e. The Morgan fingerprint density at radius 1 is 1.48 bits per heavy atom. The summed E-state index contributed by atoms with van der Waals surface area (Å²) in [5.74, 6) is -1.43. The molecule has 1 heterocycles. The Kier molecular flexibility index (Phi) is 4.32. The SMILES string of the molecule is CC1CN(c2cc(F)cc(/C=C/C(=O)O)c2)CC(C)(C)O1. The van der Waals surface area contributed by atoms with Crippen LogP contribution in [0.15, 0.2) is 24.3 Å². The summed E-state index contributed by atoms with van der Waals surface area (Å²) >= 11 is 0. The van der Waals surface area contributed by atoms with Gasteiger partial charge in [-0.3, -0.25) is 0 Å². The summed E-state index contributed by atoms with van der Waals surface area (Å²) in [6.45, 7) is 7.32. The quantitative estimate of drug-likeness (QED) is 0.871. The molecule has 21 heavy (non-hydrogen) atoms. The van der Waals surface area contributed by atoms with Crippen molar-refractivity contribution in [2.75, 3.05) is 18.0 Å². The van der Waals surface area contributed by atoms with Gasteiger partial charge in [0, 0.05) is 24.9 Å². The molecule has 0 spiro atoms. The molecule has 114 valence electrons. The van der Waals surface area contributed by atoms with Crippen molar-refractivity contribution in [2.45, 2.75) is 32.5 Å². The van der Waals surface area contributed by atoms with Gasteiger partial charge in [-0.15, -0.1) is 0 Å². The zero-order chi connectivity index (χ0) is 15.6. The van der Waals surface area contributed by atoms with Crippen LogP contribution in [0.5, 0.6) is 0 Å². The standard InChI is InChI=1S/C16H20FNO3/c1-11-9-18(10-16(2,3)21-11)14-7-12(4-5-15(19)20)6-13(17)8-14/h4-8,11H,9-10H2,1-3H3,(H,19,20)/b5-4+. The first-order valence-electron chi connectivity index (χ1n) is 6.89. The van der Waals surface area contributed by atoms with Crippen molar-refractivity contribution in [3.63, 3.8) is 0 Å². The van der Waals surface area contributed by atoms with Crippen LogP contribution in [0.2, 0.25) is 0 Å². The second kappa shape index (κ2) is 5.85. The molecule has 5 heteroatoms. The number of hydrogen-bond acceptors (Lipinski definition) is 3. The van der Waals surface area contributed by atoms with Crippen LogP contribution in [0.25, 0.3) is 6.08 Å². The number of aliphatic carboxylic acids is 1. The number of morpholine rings is 1. The molecule has 0 aromatic heterocycles. The van der Waals surface area contributed by atoms with Crippen LogP contribution < -0.4 is 4.90 Å². The number of carbonyl (C=O) groups is 1. The number of rotatable bonds is 3. The molecule has 1 aliphatic heterocycles. The second-order valence-corrected chi connectivity index (χ2v) is 5.98. The molecule has 1 aliphatic rings. The molecule has 4 nitrogen and oxygen atoms in total. The highest BCUT2D eigenvalue weighted by Gasteiger charge is 2.31. The largest absolute Gasteiger partial charge is 0.478 e. The molecular weight excluding hydrogens is 273 g/mol. The van der Waals surface area contributed by atoms with Gasteiger partial charge in [0.25, 0.3) is 0 Å². The Bertz CT molecular complexity index is 569. The van der Waals surface area contributed by atoms with E-state index in [-0.39, 0.29) is 17.5 Å².